The predicted octanol–water partition coefficient (Wildman–Crippen LogP) is 5.36. The second kappa shape index (κ2) is 7.25. The zero-order valence-electron chi connectivity index (χ0n) is 14.5. The van der Waals surface area contributed by atoms with Gasteiger partial charge in [-0.1, -0.05) is 45.8 Å². The third-order valence-corrected chi connectivity index (χ3v) is 5.65. The first-order valence-electron chi connectivity index (χ1n) is 8.66. The fraction of sp³-hybridized carbons (Fsp3) is 0.190. The molecule has 0 amide bonds. The summed E-state index contributed by atoms with van der Waals surface area (Å²) in [7, 11) is 0. The van der Waals surface area contributed by atoms with Gasteiger partial charge in [0.2, 0.25) is 0 Å². The van der Waals surface area contributed by atoms with Crippen molar-refractivity contribution in [1.82, 2.24) is 9.47 Å². The Morgan fingerprint density at radius 1 is 1.04 bits per heavy atom. The van der Waals surface area contributed by atoms with Gasteiger partial charge in [-0.15, -0.1) is 0 Å². The molecule has 0 radical (unpaired) electrons. The van der Waals surface area contributed by atoms with E-state index in [1.807, 2.05) is 24.3 Å². The van der Waals surface area contributed by atoms with Crippen LogP contribution in [0.25, 0.3) is 0 Å². The number of benzene rings is 2. The van der Waals surface area contributed by atoms with Crippen LogP contribution in [-0.2, 0) is 6.54 Å². The van der Waals surface area contributed by atoms with Crippen molar-refractivity contribution in [3.8, 4) is 0 Å². The average molecular weight is 426 g/mol. The van der Waals surface area contributed by atoms with E-state index in [1.165, 1.54) is 16.8 Å². The van der Waals surface area contributed by atoms with Crippen molar-refractivity contribution in [3.63, 3.8) is 0 Å². The molecular weight excluding hydrogens is 406 g/mol. The summed E-state index contributed by atoms with van der Waals surface area (Å²) in [4.78, 5) is 2.29. The first-order valence-corrected chi connectivity index (χ1v) is 9.87. The van der Waals surface area contributed by atoms with Gasteiger partial charge < -0.3 is 14.8 Å². The van der Waals surface area contributed by atoms with Gasteiger partial charge in [0.25, 0.3) is 0 Å². The molecule has 5 heteroatoms. The van der Waals surface area contributed by atoms with Crippen molar-refractivity contribution in [2.75, 3.05) is 11.9 Å². The molecule has 1 aliphatic heterocycles. The summed E-state index contributed by atoms with van der Waals surface area (Å²) in [5.41, 5.74) is 4.80. The molecule has 0 saturated heterocycles. The lowest BCUT2D eigenvalue weighted by atomic mass is 9.99. The average Bonchev–Trinajstić information content (AvgIpc) is 3.12. The zero-order chi connectivity index (χ0) is 18.1. The number of aromatic nitrogens is 1. The van der Waals surface area contributed by atoms with Crippen molar-refractivity contribution in [3.05, 3.63) is 88.2 Å². The molecule has 3 aromatic rings. The monoisotopic (exact) mass is 425 g/mol. The Morgan fingerprint density at radius 2 is 1.77 bits per heavy atom. The molecule has 1 atom stereocenters. The number of fused-ring (bicyclic) bond motifs is 1. The van der Waals surface area contributed by atoms with Crippen LogP contribution in [0.2, 0.25) is 0 Å². The first kappa shape index (κ1) is 17.3. The maximum atomic E-state index is 5.79. The standard InChI is InChI=1S/C21H20BrN3S/c1-15-4-6-16(7-5-15)20-19-3-2-12-24(19)13-14-25(20)21(26)23-18-10-8-17(22)9-11-18/h2-12,20H,13-14H2,1H3,(H,23,26)/t20-/m1/s1. The lowest BCUT2D eigenvalue weighted by Gasteiger charge is -2.39. The van der Waals surface area contributed by atoms with E-state index in [0.717, 1.165) is 28.4 Å². The molecule has 26 heavy (non-hydrogen) atoms. The molecule has 0 spiro atoms. The van der Waals surface area contributed by atoms with Crippen molar-refractivity contribution < 1.29 is 0 Å². The Balaban J connectivity index is 1.66. The molecule has 2 heterocycles. The van der Waals surface area contributed by atoms with Crippen molar-refractivity contribution in [2.45, 2.75) is 19.5 Å². The molecule has 1 N–H and O–H groups in total. The van der Waals surface area contributed by atoms with Crippen LogP contribution in [0.1, 0.15) is 22.9 Å². The van der Waals surface area contributed by atoms with E-state index in [0.29, 0.717) is 0 Å². The Morgan fingerprint density at radius 3 is 2.50 bits per heavy atom. The summed E-state index contributed by atoms with van der Waals surface area (Å²) >= 11 is 9.26. The largest absolute Gasteiger partial charge is 0.348 e. The van der Waals surface area contributed by atoms with Crippen LogP contribution in [0.4, 0.5) is 5.69 Å². The molecule has 0 fully saturated rings. The van der Waals surface area contributed by atoms with E-state index < -0.39 is 0 Å². The molecule has 132 valence electrons. The quantitative estimate of drug-likeness (QED) is 0.557. The van der Waals surface area contributed by atoms with E-state index in [9.17, 15) is 0 Å². The number of hydrogen-bond acceptors (Lipinski definition) is 1. The second-order valence-corrected chi connectivity index (χ2v) is 7.87. The molecule has 2 aromatic carbocycles. The Kier molecular flexibility index (Phi) is 4.83. The molecule has 1 aromatic heterocycles. The minimum atomic E-state index is 0.120. The predicted molar refractivity (Wildman–Crippen MR) is 115 cm³/mol. The van der Waals surface area contributed by atoms with E-state index >= 15 is 0 Å². The normalized spacial score (nSPS) is 16.2. The van der Waals surface area contributed by atoms with Crippen molar-refractivity contribution in [2.24, 2.45) is 0 Å². The van der Waals surface area contributed by atoms with Gasteiger partial charge in [-0.25, -0.2) is 0 Å². The van der Waals surface area contributed by atoms with Crippen LogP contribution in [0, 0.1) is 6.92 Å². The van der Waals surface area contributed by atoms with Gasteiger partial charge in [0.05, 0.1) is 6.04 Å². The van der Waals surface area contributed by atoms with Gasteiger partial charge in [0.1, 0.15) is 0 Å². The van der Waals surface area contributed by atoms with Crippen LogP contribution < -0.4 is 5.32 Å². The first-order chi connectivity index (χ1) is 12.6. The van der Waals surface area contributed by atoms with E-state index in [-0.39, 0.29) is 6.04 Å². The number of nitrogens with zero attached hydrogens (tertiary/aromatic N) is 2. The third-order valence-electron chi connectivity index (χ3n) is 4.79. The van der Waals surface area contributed by atoms with Gasteiger partial charge in [0, 0.05) is 35.1 Å². The van der Waals surface area contributed by atoms with Crippen LogP contribution in [-0.4, -0.2) is 21.1 Å². The summed E-state index contributed by atoms with van der Waals surface area (Å²) < 4.78 is 3.38. The number of nitrogens with one attached hydrogen (secondary N) is 1. The van der Waals surface area contributed by atoms with Crippen LogP contribution in [0.3, 0.4) is 0 Å². The second-order valence-electron chi connectivity index (χ2n) is 6.57. The molecule has 3 nitrogen and oxygen atoms in total. The fourth-order valence-corrected chi connectivity index (χ4v) is 4.01. The van der Waals surface area contributed by atoms with Gasteiger partial charge in [0.15, 0.2) is 5.11 Å². The number of hydrogen-bond donors (Lipinski definition) is 1. The minimum Gasteiger partial charge on any atom is -0.348 e. The SMILES string of the molecule is Cc1ccc([C@@H]2c3cccn3CCN2C(=S)Nc2ccc(Br)cc2)cc1. The van der Waals surface area contributed by atoms with E-state index in [1.54, 1.807) is 0 Å². The maximum absolute atomic E-state index is 5.79. The maximum Gasteiger partial charge on any atom is 0.174 e. The highest BCUT2D eigenvalue weighted by Gasteiger charge is 2.30. The van der Waals surface area contributed by atoms with Crippen molar-refractivity contribution in [1.29, 1.82) is 0 Å². The van der Waals surface area contributed by atoms with Gasteiger partial charge in [-0.05, 0) is 61.1 Å². The molecule has 0 saturated carbocycles. The number of thiocarbonyl (C=S) groups is 1. The van der Waals surface area contributed by atoms with Crippen molar-refractivity contribution >= 4 is 38.9 Å². The number of rotatable bonds is 2. The summed E-state index contributed by atoms with van der Waals surface area (Å²) in [5, 5.41) is 4.16. The molecule has 1 aliphatic rings. The zero-order valence-corrected chi connectivity index (χ0v) is 16.9. The topological polar surface area (TPSA) is 20.2 Å². The molecule has 0 aliphatic carbocycles. The fourth-order valence-electron chi connectivity index (χ4n) is 3.43. The molecule has 0 bridgehead atoms. The van der Waals surface area contributed by atoms with Crippen LogP contribution >= 0.6 is 28.1 Å². The Hall–Kier alpha value is -2.11. The van der Waals surface area contributed by atoms with Gasteiger partial charge in [-0.2, -0.15) is 0 Å². The summed E-state index contributed by atoms with van der Waals surface area (Å²) in [6.07, 6.45) is 2.15. The van der Waals surface area contributed by atoms with Gasteiger partial charge in [-0.3, -0.25) is 0 Å². The highest BCUT2D eigenvalue weighted by Crippen LogP contribution is 2.33. The molecule has 0 unspecified atom stereocenters. The van der Waals surface area contributed by atoms with Gasteiger partial charge >= 0.3 is 0 Å². The lowest BCUT2D eigenvalue weighted by molar-refractivity contribution is 0.293. The highest BCUT2D eigenvalue weighted by molar-refractivity contribution is 9.10. The Bertz CT molecular complexity index is 915. The van der Waals surface area contributed by atoms with Crippen LogP contribution in [0.5, 0.6) is 0 Å². The lowest BCUT2D eigenvalue weighted by Crippen LogP contribution is -2.44. The Labute approximate surface area is 167 Å². The minimum absolute atomic E-state index is 0.120. The smallest absolute Gasteiger partial charge is 0.174 e. The number of aryl methyl sites for hydroxylation is 1. The number of halogens is 1. The van der Waals surface area contributed by atoms with E-state index in [4.69, 9.17) is 12.2 Å². The number of anilines is 1. The van der Waals surface area contributed by atoms with E-state index in [2.05, 4.69) is 80.2 Å². The molecular formula is C21H20BrN3S. The summed E-state index contributed by atoms with van der Waals surface area (Å²) in [6, 6.07) is 21.3. The highest BCUT2D eigenvalue weighted by atomic mass is 79.9. The summed E-state index contributed by atoms with van der Waals surface area (Å²) in [5.74, 6) is 0. The third kappa shape index (κ3) is 3.41. The molecule has 4 rings (SSSR count). The summed E-state index contributed by atoms with van der Waals surface area (Å²) in [6.45, 7) is 3.93. The van der Waals surface area contributed by atoms with Crippen LogP contribution in [0.15, 0.2) is 71.3 Å².